The molecule has 0 saturated heterocycles. The molecule has 0 amide bonds. The molecule has 0 spiro atoms. The minimum atomic E-state index is -4.53. The second-order valence-corrected chi connectivity index (χ2v) is 12.6. The molecule has 0 aromatic heterocycles. The van der Waals surface area contributed by atoms with E-state index in [1.54, 1.807) is 30.3 Å². The number of benzene rings is 5. The van der Waals surface area contributed by atoms with Gasteiger partial charge >= 0.3 is 12.4 Å². The number of nitrogens with zero attached hydrogens (tertiary/aromatic N) is 4. The summed E-state index contributed by atoms with van der Waals surface area (Å²) in [5.74, 6) is -0.419. The van der Waals surface area contributed by atoms with Crippen LogP contribution in [-0.2, 0) is 18.8 Å². The van der Waals surface area contributed by atoms with Gasteiger partial charge in [0.25, 0.3) is 0 Å². The Balaban J connectivity index is 1.44. The molecule has 7 aromatic rings. The van der Waals surface area contributed by atoms with Gasteiger partial charge < -0.3 is 0 Å². The Morgan fingerprint density at radius 2 is 1.23 bits per heavy atom. The number of fused-ring (bicyclic) bond motifs is 6. The van der Waals surface area contributed by atoms with E-state index in [1.807, 2.05) is 60.9 Å². The smallest absolute Gasteiger partial charge is 0.173 e. The summed E-state index contributed by atoms with van der Waals surface area (Å²) < 4.78 is 81.7. The van der Waals surface area contributed by atoms with Crippen molar-refractivity contribution in [1.29, 1.82) is 10.5 Å². The van der Waals surface area contributed by atoms with Crippen LogP contribution in [0.4, 0.5) is 26.3 Å². The van der Waals surface area contributed by atoms with E-state index in [9.17, 15) is 36.9 Å². The van der Waals surface area contributed by atoms with Crippen LogP contribution >= 0.6 is 0 Å². The number of hydrogen-bond donors (Lipinski definition) is 0. The molecule has 0 fully saturated rings. The number of nitriles is 2. The third kappa shape index (κ3) is 5.32. The quantitative estimate of drug-likeness (QED) is 0.136. The van der Waals surface area contributed by atoms with Crippen molar-refractivity contribution in [3.63, 3.8) is 0 Å². The predicted molar refractivity (Wildman–Crippen MR) is 186 cm³/mol. The fourth-order valence-electron chi connectivity index (χ4n) is 7.52. The molecule has 1 unspecified atom stereocenters. The third-order valence-corrected chi connectivity index (χ3v) is 9.74. The lowest BCUT2D eigenvalue weighted by Gasteiger charge is -2.19. The topological polar surface area (TPSA) is 72.3 Å². The Morgan fingerprint density at radius 1 is 0.577 bits per heavy atom. The Labute approximate surface area is 291 Å². The first-order valence-electron chi connectivity index (χ1n) is 16.1. The monoisotopic (exact) mass is 696 g/mol. The Bertz CT molecular complexity index is 2820. The standard InChI is InChI=1S/C42H22F6N4/c43-41(44,45)28-10-4-8-24(16-28)26-12-14-30-32-20-35-37(36(23-6-2-1-3-7-23)38(32)40(52-22-50)33(30)18-26)31-15-13-27(19-34(31)39(35)51-21-49)25-9-5-11-29(17-25)42(46,47)48/h1-18,20,27H,19H2/b51-39+,52-40+. The highest BCUT2D eigenvalue weighted by atomic mass is 19.4. The molecule has 52 heavy (non-hydrogen) atoms. The molecule has 8 rings (SSSR count). The van der Waals surface area contributed by atoms with E-state index in [0.717, 1.165) is 46.3 Å². The van der Waals surface area contributed by atoms with Gasteiger partial charge in [-0.1, -0.05) is 84.9 Å². The van der Waals surface area contributed by atoms with E-state index in [2.05, 4.69) is 9.98 Å². The minimum absolute atomic E-state index is 0.289. The van der Waals surface area contributed by atoms with Crippen LogP contribution in [0.25, 0.3) is 60.6 Å². The second kappa shape index (κ2) is 12.1. The van der Waals surface area contributed by atoms with Gasteiger partial charge in [0, 0.05) is 27.6 Å². The maximum atomic E-state index is 13.6. The van der Waals surface area contributed by atoms with Crippen LogP contribution in [0.15, 0.2) is 119 Å². The van der Waals surface area contributed by atoms with E-state index in [-0.39, 0.29) is 6.42 Å². The lowest BCUT2D eigenvalue weighted by molar-refractivity contribution is -0.138. The molecular weight excluding hydrogens is 674 g/mol. The molecule has 0 bridgehead atoms. The molecular formula is C42H22F6N4. The molecule has 0 heterocycles. The Morgan fingerprint density at radius 3 is 1.94 bits per heavy atom. The van der Waals surface area contributed by atoms with Crippen molar-refractivity contribution >= 4 is 38.4 Å². The largest absolute Gasteiger partial charge is 0.416 e. The first kappa shape index (κ1) is 32.7. The number of halogens is 6. The molecule has 0 N–H and O–H groups in total. The zero-order valence-electron chi connectivity index (χ0n) is 26.8. The van der Waals surface area contributed by atoms with E-state index < -0.39 is 29.4 Å². The molecule has 1 aliphatic rings. The lowest BCUT2D eigenvalue weighted by Crippen LogP contribution is -2.14. The van der Waals surface area contributed by atoms with Crippen LogP contribution < -0.4 is 10.7 Å². The van der Waals surface area contributed by atoms with Crippen molar-refractivity contribution in [1.82, 2.24) is 0 Å². The van der Waals surface area contributed by atoms with E-state index >= 15 is 0 Å². The van der Waals surface area contributed by atoms with Gasteiger partial charge in [-0.2, -0.15) is 46.9 Å². The summed E-state index contributed by atoms with van der Waals surface area (Å²) in [6, 6.07) is 26.8. The third-order valence-electron chi connectivity index (χ3n) is 9.74. The van der Waals surface area contributed by atoms with Gasteiger partial charge in [-0.3, -0.25) is 0 Å². The summed E-state index contributed by atoms with van der Waals surface area (Å²) in [6.45, 7) is 0. The maximum absolute atomic E-state index is 13.6. The zero-order valence-corrected chi connectivity index (χ0v) is 26.8. The molecule has 1 aliphatic carbocycles. The molecule has 1 atom stereocenters. The molecule has 0 radical (unpaired) electrons. The summed E-state index contributed by atoms with van der Waals surface area (Å²) in [5, 5.41) is 24.5. The molecule has 0 saturated carbocycles. The molecule has 0 aliphatic heterocycles. The highest BCUT2D eigenvalue weighted by Gasteiger charge is 2.33. The first-order valence-corrected chi connectivity index (χ1v) is 16.1. The van der Waals surface area contributed by atoms with E-state index in [4.69, 9.17) is 0 Å². The van der Waals surface area contributed by atoms with Crippen molar-refractivity contribution in [2.75, 3.05) is 0 Å². The van der Waals surface area contributed by atoms with Gasteiger partial charge in [0.05, 0.1) is 21.8 Å². The van der Waals surface area contributed by atoms with Gasteiger partial charge in [-0.05, 0) is 86.3 Å². The van der Waals surface area contributed by atoms with Crippen LogP contribution in [0.3, 0.4) is 0 Å². The van der Waals surface area contributed by atoms with E-state index in [1.165, 1.54) is 12.1 Å². The number of hydrogen-bond acceptors (Lipinski definition) is 4. The van der Waals surface area contributed by atoms with Gasteiger partial charge in [-0.25, -0.2) is 0 Å². The lowest BCUT2D eigenvalue weighted by atomic mass is 9.85. The van der Waals surface area contributed by atoms with Crippen LogP contribution in [0.2, 0.25) is 0 Å². The van der Waals surface area contributed by atoms with Crippen LogP contribution in [0, 0.1) is 22.9 Å². The van der Waals surface area contributed by atoms with Crippen molar-refractivity contribution in [2.24, 2.45) is 9.98 Å². The summed E-state index contributed by atoms with van der Waals surface area (Å²) in [4.78, 5) is 8.55. The summed E-state index contributed by atoms with van der Waals surface area (Å²) in [5.41, 5.74) is 2.76. The average Bonchev–Trinajstić information content (AvgIpc) is 3.62. The Hall–Kier alpha value is -6.52. The summed E-state index contributed by atoms with van der Waals surface area (Å²) in [6.07, 6.45) is -1.20. The van der Waals surface area contributed by atoms with Gasteiger partial charge in [0.1, 0.15) is 0 Å². The maximum Gasteiger partial charge on any atom is 0.416 e. The minimum Gasteiger partial charge on any atom is -0.173 e. The summed E-state index contributed by atoms with van der Waals surface area (Å²) >= 11 is 0. The van der Waals surface area contributed by atoms with Crippen molar-refractivity contribution in [2.45, 2.75) is 24.7 Å². The number of allylic oxidation sites excluding steroid dienone is 1. The number of rotatable bonds is 3. The number of alkyl halides is 6. The Kier molecular flexibility index (Phi) is 7.58. The van der Waals surface area contributed by atoms with Crippen molar-refractivity contribution < 1.29 is 26.3 Å². The summed E-state index contributed by atoms with van der Waals surface area (Å²) in [7, 11) is 0. The zero-order chi connectivity index (χ0) is 36.4. The molecule has 4 nitrogen and oxygen atoms in total. The van der Waals surface area contributed by atoms with Crippen LogP contribution in [0.5, 0.6) is 0 Å². The van der Waals surface area contributed by atoms with Crippen LogP contribution in [0.1, 0.15) is 33.7 Å². The van der Waals surface area contributed by atoms with Gasteiger partial charge in [-0.15, -0.1) is 0 Å². The predicted octanol–water partition coefficient (Wildman–Crippen LogP) is 10.5. The fourth-order valence-corrected chi connectivity index (χ4v) is 7.52. The van der Waals surface area contributed by atoms with Crippen molar-refractivity contribution in [3.8, 4) is 34.6 Å². The highest BCUT2D eigenvalue weighted by molar-refractivity contribution is 6.24. The fraction of sp³-hybridized carbons (Fsp3) is 0.0952. The van der Waals surface area contributed by atoms with Crippen LogP contribution in [-0.4, -0.2) is 0 Å². The average molecular weight is 697 g/mol. The van der Waals surface area contributed by atoms with E-state index in [0.29, 0.717) is 59.9 Å². The SMILES string of the molecule is N#C/N=c1\c2c(c3c(-c4ccccc4)c4/c(=N/C#N)c5cc(-c6cccc(C(F)(F)F)c6)ccc5c4cc13)C=CC(c1cccc(C(F)(F)F)c1)C2. The van der Waals surface area contributed by atoms with Gasteiger partial charge in [0.2, 0.25) is 12.4 Å². The molecule has 7 aromatic carbocycles. The first-order chi connectivity index (χ1) is 25.0. The van der Waals surface area contributed by atoms with Gasteiger partial charge in [0.15, 0.2) is 0 Å². The highest BCUT2D eigenvalue weighted by Crippen LogP contribution is 2.44. The van der Waals surface area contributed by atoms with Crippen molar-refractivity contribution in [3.05, 3.63) is 148 Å². The molecule has 10 heteroatoms. The normalized spacial score (nSPS) is 15.3. The second-order valence-electron chi connectivity index (χ2n) is 12.6. The molecule has 252 valence electrons.